The number of amides is 1. The van der Waals surface area contributed by atoms with Crippen LogP contribution in [0, 0.1) is 0 Å². The van der Waals surface area contributed by atoms with E-state index in [4.69, 9.17) is 0 Å². The number of nitrogens with one attached hydrogen (secondary N) is 1. The maximum atomic E-state index is 11.9. The average Bonchev–Trinajstić information content (AvgIpc) is 2.54. The van der Waals surface area contributed by atoms with Crippen molar-refractivity contribution in [3.05, 3.63) is 35.9 Å². The smallest absolute Gasteiger partial charge is 0.220 e. The van der Waals surface area contributed by atoms with Gasteiger partial charge in [-0.05, 0) is 18.9 Å². The third kappa shape index (κ3) is 7.60. The van der Waals surface area contributed by atoms with E-state index in [0.29, 0.717) is 6.42 Å². The van der Waals surface area contributed by atoms with Gasteiger partial charge in [-0.2, -0.15) is 0 Å². The van der Waals surface area contributed by atoms with Gasteiger partial charge in [0.1, 0.15) is 0 Å². The van der Waals surface area contributed by atoms with Crippen molar-refractivity contribution in [1.82, 2.24) is 5.32 Å². The van der Waals surface area contributed by atoms with Crippen LogP contribution in [0.1, 0.15) is 76.9 Å². The number of hydrogen-bond acceptors (Lipinski definition) is 2. The van der Waals surface area contributed by atoms with Gasteiger partial charge in [0.2, 0.25) is 5.91 Å². The van der Waals surface area contributed by atoms with E-state index in [2.05, 4.69) is 12.2 Å². The zero-order valence-corrected chi connectivity index (χ0v) is 14.1. The Morgan fingerprint density at radius 3 is 2.27 bits per heavy atom. The van der Waals surface area contributed by atoms with Crippen molar-refractivity contribution in [2.24, 2.45) is 0 Å². The predicted octanol–water partition coefficient (Wildman–Crippen LogP) is 4.37. The fourth-order valence-electron chi connectivity index (χ4n) is 2.59. The van der Waals surface area contributed by atoms with E-state index in [1.165, 1.54) is 32.1 Å². The van der Waals surface area contributed by atoms with Crippen molar-refractivity contribution in [3.8, 4) is 0 Å². The summed E-state index contributed by atoms with van der Waals surface area (Å²) >= 11 is 0. The highest BCUT2D eigenvalue weighted by Gasteiger charge is 2.17. The molecule has 0 fully saturated rings. The first-order chi connectivity index (χ1) is 10.6. The SMILES string of the molecule is CCCCCCCCCC(=O)N[C@@H](C)[C@@H](O)c1ccccc1. The van der Waals surface area contributed by atoms with E-state index >= 15 is 0 Å². The molecule has 124 valence electrons. The number of unbranched alkanes of at least 4 members (excludes halogenated alkanes) is 6. The van der Waals surface area contributed by atoms with E-state index in [9.17, 15) is 9.90 Å². The first-order valence-corrected chi connectivity index (χ1v) is 8.67. The van der Waals surface area contributed by atoms with Gasteiger partial charge in [0.05, 0.1) is 12.1 Å². The number of rotatable bonds is 11. The quantitative estimate of drug-likeness (QED) is 0.597. The Kier molecular flexibility index (Phi) is 9.56. The highest BCUT2D eigenvalue weighted by atomic mass is 16.3. The maximum absolute atomic E-state index is 11.9. The summed E-state index contributed by atoms with van der Waals surface area (Å²) in [4.78, 5) is 11.9. The molecule has 0 heterocycles. The van der Waals surface area contributed by atoms with Gasteiger partial charge in [-0.1, -0.05) is 75.8 Å². The Hall–Kier alpha value is -1.35. The number of benzene rings is 1. The third-order valence-corrected chi connectivity index (χ3v) is 4.01. The van der Waals surface area contributed by atoms with Crippen molar-refractivity contribution in [3.63, 3.8) is 0 Å². The Morgan fingerprint density at radius 1 is 1.05 bits per heavy atom. The normalized spacial score (nSPS) is 13.6. The predicted molar refractivity (Wildman–Crippen MR) is 91.6 cm³/mol. The summed E-state index contributed by atoms with van der Waals surface area (Å²) in [6, 6.07) is 9.20. The van der Waals surface area contributed by atoms with Gasteiger partial charge in [0.25, 0.3) is 0 Å². The molecule has 0 saturated carbocycles. The largest absolute Gasteiger partial charge is 0.386 e. The lowest BCUT2D eigenvalue weighted by molar-refractivity contribution is -0.122. The van der Waals surface area contributed by atoms with E-state index in [0.717, 1.165) is 18.4 Å². The number of aliphatic hydroxyl groups excluding tert-OH is 1. The monoisotopic (exact) mass is 305 g/mol. The molecule has 2 N–H and O–H groups in total. The standard InChI is InChI=1S/C19H31NO2/c1-3-4-5-6-7-8-12-15-18(21)20-16(2)19(22)17-13-10-9-11-14-17/h9-11,13-14,16,19,22H,3-8,12,15H2,1-2H3,(H,20,21)/t16-,19+/m0/s1. The maximum Gasteiger partial charge on any atom is 0.220 e. The molecule has 1 rings (SSSR count). The van der Waals surface area contributed by atoms with E-state index in [1.807, 2.05) is 37.3 Å². The fourth-order valence-corrected chi connectivity index (χ4v) is 2.59. The molecular weight excluding hydrogens is 274 g/mol. The van der Waals surface area contributed by atoms with Crippen molar-refractivity contribution in [1.29, 1.82) is 0 Å². The molecule has 3 heteroatoms. The Labute approximate surface area is 135 Å². The molecule has 0 bridgehead atoms. The summed E-state index contributed by atoms with van der Waals surface area (Å²) in [5.41, 5.74) is 0.839. The topological polar surface area (TPSA) is 49.3 Å². The van der Waals surface area contributed by atoms with Crippen molar-refractivity contribution < 1.29 is 9.90 Å². The summed E-state index contributed by atoms with van der Waals surface area (Å²) in [7, 11) is 0. The van der Waals surface area contributed by atoms with Gasteiger partial charge in [-0.3, -0.25) is 4.79 Å². The summed E-state index contributed by atoms with van der Waals surface area (Å²) < 4.78 is 0. The van der Waals surface area contributed by atoms with Crippen LogP contribution in [0.15, 0.2) is 30.3 Å². The van der Waals surface area contributed by atoms with E-state index in [-0.39, 0.29) is 11.9 Å². The van der Waals surface area contributed by atoms with E-state index in [1.54, 1.807) is 0 Å². The molecule has 1 amide bonds. The van der Waals surface area contributed by atoms with Crippen LogP contribution >= 0.6 is 0 Å². The van der Waals surface area contributed by atoms with Gasteiger partial charge in [-0.25, -0.2) is 0 Å². The second-order valence-corrected chi connectivity index (χ2v) is 6.08. The van der Waals surface area contributed by atoms with Crippen LogP contribution in [0.4, 0.5) is 0 Å². The minimum Gasteiger partial charge on any atom is -0.386 e. The van der Waals surface area contributed by atoms with Crippen LogP contribution in [-0.4, -0.2) is 17.1 Å². The molecule has 0 radical (unpaired) electrons. The van der Waals surface area contributed by atoms with Gasteiger partial charge in [-0.15, -0.1) is 0 Å². The Balaban J connectivity index is 2.16. The zero-order chi connectivity index (χ0) is 16.2. The molecule has 0 saturated heterocycles. The lowest BCUT2D eigenvalue weighted by atomic mass is 10.0. The number of carbonyl (C=O) groups is 1. The van der Waals surface area contributed by atoms with Gasteiger partial charge >= 0.3 is 0 Å². The first-order valence-electron chi connectivity index (χ1n) is 8.67. The molecule has 1 aromatic carbocycles. The highest BCUT2D eigenvalue weighted by molar-refractivity contribution is 5.76. The van der Waals surface area contributed by atoms with Crippen LogP contribution in [-0.2, 0) is 4.79 Å². The number of aliphatic hydroxyl groups is 1. The molecule has 0 unspecified atom stereocenters. The van der Waals surface area contributed by atoms with Crippen LogP contribution in [0.25, 0.3) is 0 Å². The van der Waals surface area contributed by atoms with Gasteiger partial charge in [0, 0.05) is 6.42 Å². The summed E-state index contributed by atoms with van der Waals surface area (Å²) in [6.45, 7) is 4.07. The van der Waals surface area contributed by atoms with Crippen molar-refractivity contribution >= 4 is 5.91 Å². The minimum atomic E-state index is -0.654. The van der Waals surface area contributed by atoms with Crippen LogP contribution in [0.5, 0.6) is 0 Å². The summed E-state index contributed by atoms with van der Waals surface area (Å²) in [6.07, 6.45) is 8.34. The van der Waals surface area contributed by atoms with Crippen LogP contribution in [0.2, 0.25) is 0 Å². The summed E-state index contributed by atoms with van der Waals surface area (Å²) in [5.74, 6) is 0.0380. The molecule has 3 nitrogen and oxygen atoms in total. The Bertz CT molecular complexity index is 405. The molecule has 0 aliphatic heterocycles. The summed E-state index contributed by atoms with van der Waals surface area (Å²) in [5, 5.41) is 13.1. The molecule has 22 heavy (non-hydrogen) atoms. The van der Waals surface area contributed by atoms with Gasteiger partial charge < -0.3 is 10.4 Å². The number of hydrogen-bond donors (Lipinski definition) is 2. The van der Waals surface area contributed by atoms with Gasteiger partial charge in [0.15, 0.2) is 0 Å². The molecule has 2 atom stereocenters. The van der Waals surface area contributed by atoms with Crippen molar-refractivity contribution in [2.45, 2.75) is 77.4 Å². The van der Waals surface area contributed by atoms with Crippen molar-refractivity contribution in [2.75, 3.05) is 0 Å². The van der Waals surface area contributed by atoms with Crippen LogP contribution in [0.3, 0.4) is 0 Å². The minimum absolute atomic E-state index is 0.0380. The fraction of sp³-hybridized carbons (Fsp3) is 0.632. The lowest BCUT2D eigenvalue weighted by Gasteiger charge is -2.20. The molecule has 0 aliphatic rings. The Morgan fingerprint density at radius 2 is 1.64 bits per heavy atom. The molecule has 0 spiro atoms. The molecule has 0 aromatic heterocycles. The second kappa shape index (κ2) is 11.2. The third-order valence-electron chi connectivity index (χ3n) is 4.01. The number of carbonyl (C=O) groups excluding carboxylic acids is 1. The molecule has 1 aromatic rings. The average molecular weight is 305 g/mol. The second-order valence-electron chi connectivity index (χ2n) is 6.08. The lowest BCUT2D eigenvalue weighted by Crippen LogP contribution is -2.36. The first kappa shape index (κ1) is 18.7. The van der Waals surface area contributed by atoms with Crippen LogP contribution < -0.4 is 5.32 Å². The highest BCUT2D eigenvalue weighted by Crippen LogP contribution is 2.16. The molecule has 0 aliphatic carbocycles. The molecular formula is C19H31NO2. The zero-order valence-electron chi connectivity index (χ0n) is 14.1. The van der Waals surface area contributed by atoms with E-state index < -0.39 is 6.10 Å².